The van der Waals surface area contributed by atoms with E-state index in [2.05, 4.69) is 55.5 Å². The summed E-state index contributed by atoms with van der Waals surface area (Å²) in [5.41, 5.74) is -1.56. The molecule has 3 atom stereocenters. The average molecular weight is 849 g/mol. The summed E-state index contributed by atoms with van der Waals surface area (Å²) >= 11 is 0. The smallest absolute Gasteiger partial charge is 0.274 e. The van der Waals surface area contributed by atoms with Gasteiger partial charge in [-0.25, -0.2) is 13.2 Å². The topological polar surface area (TPSA) is 111 Å². The molecule has 3 aliphatic heterocycles. The number of hydrogen-bond donors (Lipinski definition) is 1. The Hall–Kier alpha value is -5.99. The zero-order valence-electron chi connectivity index (χ0n) is 34.4. The zero-order chi connectivity index (χ0) is 43.1. The largest absolute Gasteiger partial charge is 0.483 e. The summed E-state index contributed by atoms with van der Waals surface area (Å²) in [5.74, 6) is -5.26. The minimum Gasteiger partial charge on any atom is -0.483 e. The Morgan fingerprint density at radius 1 is 0.918 bits per heavy atom. The lowest BCUT2D eigenvalue weighted by atomic mass is 9.84. The molecule has 61 heavy (non-hydrogen) atoms. The van der Waals surface area contributed by atoms with Gasteiger partial charge < -0.3 is 28.8 Å². The lowest BCUT2D eigenvalue weighted by Crippen LogP contribution is -2.67. The van der Waals surface area contributed by atoms with Crippen molar-refractivity contribution in [3.63, 3.8) is 0 Å². The third kappa shape index (κ3) is 7.67. The SMILES string of the molecule is C[C@H]1CC[C@]2(CC(CO[Si](c3ccccc3)(c3ccccc3)C(C)(C)C)=NO2)[C@H]2CN1C(=O)c1c(OCc3ccccc3)c(=O)c(C(=O)NCc3c(F)cc(F)cc3F)cn12. The number of carbonyl (C=O) groups excluding carboxylic acids is 2. The second kappa shape index (κ2) is 16.5. The number of nitrogens with one attached hydrogen (secondary N) is 1. The molecule has 0 radical (unpaired) electrons. The predicted octanol–water partition coefficient (Wildman–Crippen LogP) is 7.05. The number of aromatic nitrogens is 1. The van der Waals surface area contributed by atoms with Gasteiger partial charge in [0, 0.05) is 49.4 Å². The van der Waals surface area contributed by atoms with E-state index in [9.17, 15) is 27.6 Å². The van der Waals surface area contributed by atoms with Gasteiger partial charge in [0.15, 0.2) is 17.0 Å². The highest BCUT2D eigenvalue weighted by Crippen LogP contribution is 2.47. The highest BCUT2D eigenvalue weighted by atomic mass is 28.4. The number of pyridine rings is 1. The minimum atomic E-state index is -2.96. The van der Waals surface area contributed by atoms with Gasteiger partial charge in [-0.1, -0.05) is 117 Å². The van der Waals surface area contributed by atoms with Crippen molar-refractivity contribution in [3.8, 4) is 5.75 Å². The maximum atomic E-state index is 14.6. The lowest BCUT2D eigenvalue weighted by Gasteiger charge is -2.43. The van der Waals surface area contributed by atoms with Gasteiger partial charge in [-0.15, -0.1) is 0 Å². The van der Waals surface area contributed by atoms with Crippen LogP contribution in [0, 0.1) is 17.5 Å². The number of benzene rings is 4. The molecule has 0 unspecified atom stereocenters. The third-order valence-electron chi connectivity index (χ3n) is 12.2. The van der Waals surface area contributed by atoms with Crippen LogP contribution in [-0.4, -0.2) is 60.1 Å². The molecule has 2 amide bonds. The highest BCUT2D eigenvalue weighted by Gasteiger charge is 2.56. The van der Waals surface area contributed by atoms with E-state index in [4.69, 9.17) is 14.0 Å². The molecule has 8 rings (SSSR count). The van der Waals surface area contributed by atoms with Crippen molar-refractivity contribution in [2.75, 3.05) is 13.2 Å². The molecule has 5 aromatic rings. The molecule has 4 heterocycles. The van der Waals surface area contributed by atoms with Crippen LogP contribution in [0.15, 0.2) is 119 Å². The second-order valence-corrected chi connectivity index (χ2v) is 21.4. The summed E-state index contributed by atoms with van der Waals surface area (Å²) < 4.78 is 57.9. The number of nitrogens with zero attached hydrogens (tertiary/aromatic N) is 3. The summed E-state index contributed by atoms with van der Waals surface area (Å²) in [6, 6.07) is 29.7. The van der Waals surface area contributed by atoms with Crippen molar-refractivity contribution in [2.45, 2.75) is 82.8 Å². The van der Waals surface area contributed by atoms with E-state index in [1.165, 1.54) is 6.20 Å². The van der Waals surface area contributed by atoms with Crippen molar-refractivity contribution in [3.05, 3.63) is 159 Å². The third-order valence-corrected chi connectivity index (χ3v) is 17.2. The molecule has 4 aromatic carbocycles. The van der Waals surface area contributed by atoms with E-state index < -0.39 is 72.3 Å². The monoisotopic (exact) mass is 848 g/mol. The number of ether oxygens (including phenoxy) is 1. The van der Waals surface area contributed by atoms with Crippen molar-refractivity contribution in [1.82, 2.24) is 14.8 Å². The molecule has 0 saturated carbocycles. The van der Waals surface area contributed by atoms with Gasteiger partial charge in [0.25, 0.3) is 20.1 Å². The molecule has 3 aliphatic rings. The molecule has 1 spiro atoms. The maximum Gasteiger partial charge on any atom is 0.274 e. The van der Waals surface area contributed by atoms with Gasteiger partial charge in [0.2, 0.25) is 5.43 Å². The molecule has 0 aliphatic carbocycles. The highest BCUT2D eigenvalue weighted by molar-refractivity contribution is 6.99. The number of carbonyl (C=O) groups is 2. The molecule has 14 heteroatoms. The van der Waals surface area contributed by atoms with E-state index in [1.54, 1.807) is 21.6 Å². The molecule has 1 N–H and O–H groups in total. The maximum absolute atomic E-state index is 14.6. The first-order valence-corrected chi connectivity index (χ1v) is 22.3. The number of halogens is 3. The first-order valence-electron chi connectivity index (χ1n) is 20.4. The van der Waals surface area contributed by atoms with Crippen LogP contribution < -0.4 is 25.9 Å². The van der Waals surface area contributed by atoms with Crippen LogP contribution in [0.3, 0.4) is 0 Å². The fourth-order valence-electron chi connectivity index (χ4n) is 9.07. The Morgan fingerprint density at radius 2 is 1.52 bits per heavy atom. The van der Waals surface area contributed by atoms with Crippen LogP contribution >= 0.6 is 0 Å². The number of fused-ring (bicyclic) bond motifs is 5. The standard InChI is InChI=1S/C47H47F3N4O6Si/c1-30-20-21-47(24-33(52-60-47)29-59-61(46(2,3)4,34-16-10-6-11-17-34)35-18-12-7-13-19-35)40-27-53(30)45(57)41-43(58-28-31-14-8-5-9-15-31)42(55)37(26-54(40)41)44(56)51-25-36-38(49)22-32(48)23-39(36)50/h5-19,22-23,26,30,40H,20-21,24-25,27-29H2,1-4H3,(H,51,56)/t30-,40+,47-/m0/s1. The normalized spacial score (nSPS) is 19.8. The Bertz CT molecular complexity index is 2490. The Kier molecular flexibility index (Phi) is 11.3. The summed E-state index contributed by atoms with van der Waals surface area (Å²) in [7, 11) is -2.96. The summed E-state index contributed by atoms with van der Waals surface area (Å²) in [4.78, 5) is 51.0. The fourth-order valence-corrected chi connectivity index (χ4v) is 13.6. The van der Waals surface area contributed by atoms with Crippen LogP contribution in [0.4, 0.5) is 13.2 Å². The van der Waals surface area contributed by atoms with E-state index in [0.29, 0.717) is 42.7 Å². The lowest BCUT2D eigenvalue weighted by molar-refractivity contribution is -0.0656. The summed E-state index contributed by atoms with van der Waals surface area (Å²) in [6.45, 7) is 8.12. The molecule has 316 valence electrons. The molecule has 1 fully saturated rings. The number of rotatable bonds is 11. The van der Waals surface area contributed by atoms with Crippen LogP contribution in [0.25, 0.3) is 0 Å². The summed E-state index contributed by atoms with van der Waals surface area (Å²) in [6.07, 6.45) is 2.67. The number of oxime groups is 1. The average Bonchev–Trinajstić information content (AvgIpc) is 3.61. The van der Waals surface area contributed by atoms with Crippen molar-refractivity contribution >= 4 is 36.2 Å². The first-order chi connectivity index (χ1) is 29.2. The fraction of sp³-hybridized carbons (Fsp3) is 0.319. The number of hydrogen-bond acceptors (Lipinski definition) is 7. The Balaban J connectivity index is 1.17. The van der Waals surface area contributed by atoms with Gasteiger partial charge in [-0.3, -0.25) is 14.4 Å². The molecule has 1 aromatic heterocycles. The Labute approximate surface area is 353 Å². The van der Waals surface area contributed by atoms with Crippen LogP contribution in [-0.2, 0) is 22.4 Å². The Morgan fingerprint density at radius 3 is 2.13 bits per heavy atom. The molecular weight excluding hydrogens is 802 g/mol. The zero-order valence-corrected chi connectivity index (χ0v) is 35.4. The summed E-state index contributed by atoms with van der Waals surface area (Å²) in [5, 5.41) is 9.03. The van der Waals surface area contributed by atoms with Crippen molar-refractivity contribution < 1.29 is 36.8 Å². The van der Waals surface area contributed by atoms with Crippen molar-refractivity contribution in [2.24, 2.45) is 5.16 Å². The molecule has 2 bridgehead atoms. The molecular formula is C47H47F3N4O6Si. The van der Waals surface area contributed by atoms with Crippen molar-refractivity contribution in [1.29, 1.82) is 0 Å². The van der Waals surface area contributed by atoms with Crippen LogP contribution in [0.5, 0.6) is 5.75 Å². The second-order valence-electron chi connectivity index (χ2n) is 17.1. The van der Waals surface area contributed by atoms with E-state index in [0.717, 1.165) is 10.4 Å². The van der Waals surface area contributed by atoms with E-state index in [1.807, 2.05) is 61.5 Å². The van der Waals surface area contributed by atoms with Crippen LogP contribution in [0.2, 0.25) is 5.04 Å². The van der Waals surface area contributed by atoms with Gasteiger partial charge in [-0.05, 0) is 40.7 Å². The van der Waals surface area contributed by atoms with Gasteiger partial charge >= 0.3 is 0 Å². The van der Waals surface area contributed by atoms with Gasteiger partial charge in [0.05, 0.1) is 18.4 Å². The predicted molar refractivity (Wildman–Crippen MR) is 227 cm³/mol. The molecule has 10 nitrogen and oxygen atoms in total. The van der Waals surface area contributed by atoms with E-state index >= 15 is 0 Å². The van der Waals surface area contributed by atoms with Gasteiger partial charge in [0.1, 0.15) is 29.6 Å². The first kappa shape index (κ1) is 41.7. The van der Waals surface area contributed by atoms with E-state index in [-0.39, 0.29) is 42.3 Å². The van der Waals surface area contributed by atoms with Crippen LogP contribution in [0.1, 0.15) is 85.0 Å². The van der Waals surface area contributed by atoms with Gasteiger partial charge in [-0.2, -0.15) is 0 Å². The molecule has 1 saturated heterocycles. The minimum absolute atomic E-state index is 0.0434. The number of amides is 2. The quantitative estimate of drug-likeness (QED) is 0.143.